The van der Waals surface area contributed by atoms with Gasteiger partial charge in [-0.05, 0) is 141 Å². The Labute approximate surface area is 366 Å². The number of hydrogen-bond donors (Lipinski definition) is 0. The molecule has 10 aromatic rings. The smallest absolute Gasteiger partial charge is 0.164 e. The first kappa shape index (κ1) is 35.4. The summed E-state index contributed by atoms with van der Waals surface area (Å²) >= 11 is 0. The third-order valence-corrected chi connectivity index (χ3v) is 15.6. The molecule has 63 heavy (non-hydrogen) atoms. The molecule has 0 unspecified atom stereocenters. The standard InChI is InChI=1S/C59H43N3O/c1-2-10-38(11-3-1)56-60-57(39-20-18-37(19-21-39)40-23-27-55-51(33-40)49-15-7-9-17-54(49)63-55)62-58(61-56)50-26-25-44(45-12-4-5-13-46(45)50)41-22-24-48-47-14-6-8-16-52(47)59(53(48)34-41)42-29-35-28-36(31-42)32-43(59)30-35/h1-27,33-36,42-43H,28-32H2. The van der Waals surface area contributed by atoms with Crippen LogP contribution in [0.25, 0.3) is 100 Å². The third-order valence-electron chi connectivity index (χ3n) is 15.6. The zero-order chi connectivity index (χ0) is 41.2. The van der Waals surface area contributed by atoms with Crippen molar-refractivity contribution in [2.75, 3.05) is 0 Å². The molecule has 1 spiro atoms. The predicted molar refractivity (Wildman–Crippen MR) is 255 cm³/mol. The summed E-state index contributed by atoms with van der Waals surface area (Å²) in [6.45, 7) is 0. The average Bonchev–Trinajstić information content (AvgIpc) is 3.86. The van der Waals surface area contributed by atoms with Crippen molar-refractivity contribution >= 4 is 32.7 Å². The molecule has 4 fully saturated rings. The van der Waals surface area contributed by atoms with Gasteiger partial charge in [-0.2, -0.15) is 0 Å². The van der Waals surface area contributed by atoms with Crippen LogP contribution in [0.4, 0.5) is 0 Å². The van der Waals surface area contributed by atoms with Crippen LogP contribution < -0.4 is 0 Å². The first-order valence-electron chi connectivity index (χ1n) is 22.8. The molecule has 4 nitrogen and oxygen atoms in total. The van der Waals surface area contributed by atoms with Gasteiger partial charge in [0.25, 0.3) is 0 Å². The molecular formula is C59H43N3O. The highest BCUT2D eigenvalue weighted by Crippen LogP contribution is 2.69. The van der Waals surface area contributed by atoms with E-state index in [4.69, 9.17) is 19.4 Å². The second-order valence-electron chi connectivity index (χ2n) is 18.7. The Morgan fingerprint density at radius 1 is 0.349 bits per heavy atom. The van der Waals surface area contributed by atoms with Crippen LogP contribution in [-0.4, -0.2) is 15.0 Å². The molecule has 0 aliphatic heterocycles. The summed E-state index contributed by atoms with van der Waals surface area (Å²) in [7, 11) is 0. The van der Waals surface area contributed by atoms with E-state index in [1.165, 1.54) is 59.7 Å². The van der Waals surface area contributed by atoms with Gasteiger partial charge in [-0.3, -0.25) is 0 Å². The van der Waals surface area contributed by atoms with Crippen LogP contribution in [0.15, 0.2) is 180 Å². The fourth-order valence-corrected chi connectivity index (χ4v) is 13.1. The molecule has 5 aliphatic rings. The van der Waals surface area contributed by atoms with Gasteiger partial charge in [0.05, 0.1) is 0 Å². The summed E-state index contributed by atoms with van der Waals surface area (Å²) in [6.07, 6.45) is 6.98. The van der Waals surface area contributed by atoms with Crippen molar-refractivity contribution in [1.29, 1.82) is 0 Å². The van der Waals surface area contributed by atoms with Crippen molar-refractivity contribution in [3.05, 3.63) is 187 Å². The molecule has 0 N–H and O–H groups in total. The summed E-state index contributed by atoms with van der Waals surface area (Å²) in [5.41, 5.74) is 15.7. The summed E-state index contributed by atoms with van der Waals surface area (Å²) in [5, 5.41) is 4.59. The van der Waals surface area contributed by atoms with Gasteiger partial charge in [-0.1, -0.05) is 146 Å². The Balaban J connectivity index is 0.878. The molecule has 0 saturated heterocycles. The van der Waals surface area contributed by atoms with Crippen LogP contribution in [0.2, 0.25) is 0 Å². The highest BCUT2D eigenvalue weighted by Gasteiger charge is 2.61. The highest BCUT2D eigenvalue weighted by atomic mass is 16.3. The summed E-state index contributed by atoms with van der Waals surface area (Å²) in [5.74, 6) is 5.25. The molecule has 8 aromatic carbocycles. The summed E-state index contributed by atoms with van der Waals surface area (Å²) < 4.78 is 6.11. The van der Waals surface area contributed by atoms with Gasteiger partial charge in [0.1, 0.15) is 11.2 Å². The molecule has 5 aliphatic carbocycles. The second kappa shape index (κ2) is 13.4. The molecule has 4 bridgehead atoms. The van der Waals surface area contributed by atoms with Crippen molar-refractivity contribution in [2.24, 2.45) is 23.7 Å². The molecule has 0 amide bonds. The fourth-order valence-electron chi connectivity index (χ4n) is 13.1. The van der Waals surface area contributed by atoms with E-state index in [-0.39, 0.29) is 5.41 Å². The second-order valence-corrected chi connectivity index (χ2v) is 18.7. The number of nitrogens with zero attached hydrogens (tertiary/aromatic N) is 3. The van der Waals surface area contributed by atoms with E-state index in [0.29, 0.717) is 17.5 Å². The van der Waals surface area contributed by atoms with Crippen LogP contribution in [0, 0.1) is 23.7 Å². The van der Waals surface area contributed by atoms with Crippen molar-refractivity contribution in [3.8, 4) is 67.5 Å². The zero-order valence-electron chi connectivity index (χ0n) is 34.8. The quantitative estimate of drug-likeness (QED) is 0.174. The number of hydrogen-bond acceptors (Lipinski definition) is 4. The lowest BCUT2D eigenvalue weighted by atomic mass is 9.43. The maximum Gasteiger partial charge on any atom is 0.164 e. The summed E-state index contributed by atoms with van der Waals surface area (Å²) in [6, 6.07) is 63.7. The molecule has 300 valence electrons. The maximum atomic E-state index is 6.11. The molecule has 4 heteroatoms. The molecule has 0 atom stereocenters. The van der Waals surface area contributed by atoms with Gasteiger partial charge in [0.2, 0.25) is 0 Å². The molecular weight excluding hydrogens is 767 g/mol. The van der Waals surface area contributed by atoms with E-state index < -0.39 is 0 Å². The minimum atomic E-state index is 0.126. The lowest BCUT2D eigenvalue weighted by Crippen LogP contribution is -2.55. The summed E-state index contributed by atoms with van der Waals surface area (Å²) in [4.78, 5) is 15.6. The minimum absolute atomic E-state index is 0.126. The number of fused-ring (bicyclic) bond motifs is 7. The van der Waals surface area contributed by atoms with Crippen molar-refractivity contribution in [1.82, 2.24) is 15.0 Å². The molecule has 2 aromatic heterocycles. The first-order valence-corrected chi connectivity index (χ1v) is 22.8. The Morgan fingerprint density at radius 3 is 1.67 bits per heavy atom. The average molecular weight is 810 g/mol. The predicted octanol–water partition coefficient (Wildman–Crippen LogP) is 15.0. The Morgan fingerprint density at radius 2 is 0.889 bits per heavy atom. The lowest BCUT2D eigenvalue weighted by Gasteiger charge is -2.61. The molecule has 0 radical (unpaired) electrons. The van der Waals surface area contributed by atoms with Gasteiger partial charge in [0.15, 0.2) is 17.5 Å². The highest BCUT2D eigenvalue weighted by molar-refractivity contribution is 6.07. The SMILES string of the molecule is c1ccc(-c2nc(-c3ccc(-c4ccc5oc6ccccc6c5c4)cc3)nc(-c3ccc(-c4ccc5c(c4)C4(c6ccccc6-5)C5CC6CC(C5)CC4C6)c4ccccc34)n2)cc1. The van der Waals surface area contributed by atoms with Gasteiger partial charge < -0.3 is 4.42 Å². The van der Waals surface area contributed by atoms with Crippen LogP contribution in [-0.2, 0) is 5.41 Å². The van der Waals surface area contributed by atoms with Crippen LogP contribution >= 0.6 is 0 Å². The third kappa shape index (κ3) is 5.24. The monoisotopic (exact) mass is 809 g/mol. The van der Waals surface area contributed by atoms with Crippen LogP contribution in [0.3, 0.4) is 0 Å². The van der Waals surface area contributed by atoms with Gasteiger partial charge in [0, 0.05) is 32.9 Å². The number of benzene rings is 8. The van der Waals surface area contributed by atoms with Crippen molar-refractivity contribution in [2.45, 2.75) is 37.5 Å². The Hall–Kier alpha value is -7.17. The van der Waals surface area contributed by atoms with E-state index in [9.17, 15) is 0 Å². The van der Waals surface area contributed by atoms with E-state index >= 15 is 0 Å². The van der Waals surface area contributed by atoms with Crippen molar-refractivity contribution in [3.63, 3.8) is 0 Å². The van der Waals surface area contributed by atoms with E-state index in [1.807, 2.05) is 30.3 Å². The van der Waals surface area contributed by atoms with E-state index in [2.05, 4.69) is 146 Å². The van der Waals surface area contributed by atoms with Crippen molar-refractivity contribution < 1.29 is 4.42 Å². The normalized spacial score (nSPS) is 21.7. The van der Waals surface area contributed by atoms with E-state index in [0.717, 1.165) is 78.8 Å². The molecule has 2 heterocycles. The Kier molecular flexibility index (Phi) is 7.54. The lowest BCUT2D eigenvalue weighted by molar-refractivity contribution is -0.0399. The zero-order valence-corrected chi connectivity index (χ0v) is 34.8. The molecule has 15 rings (SSSR count). The van der Waals surface area contributed by atoms with Crippen LogP contribution in [0.5, 0.6) is 0 Å². The minimum Gasteiger partial charge on any atom is -0.456 e. The fraction of sp³-hybridized carbons (Fsp3) is 0.169. The molecule has 4 saturated carbocycles. The van der Waals surface area contributed by atoms with E-state index in [1.54, 1.807) is 11.1 Å². The van der Waals surface area contributed by atoms with Gasteiger partial charge in [-0.15, -0.1) is 0 Å². The number of furan rings is 1. The number of aromatic nitrogens is 3. The topological polar surface area (TPSA) is 51.8 Å². The van der Waals surface area contributed by atoms with Gasteiger partial charge >= 0.3 is 0 Å². The largest absolute Gasteiger partial charge is 0.456 e. The number of para-hydroxylation sites is 1. The Bertz CT molecular complexity index is 3450. The van der Waals surface area contributed by atoms with Gasteiger partial charge in [-0.25, -0.2) is 15.0 Å². The maximum absolute atomic E-state index is 6.11. The first-order chi connectivity index (χ1) is 31.2. The van der Waals surface area contributed by atoms with Crippen LogP contribution in [0.1, 0.15) is 43.2 Å². The number of rotatable bonds is 5.